The fourth-order valence-corrected chi connectivity index (χ4v) is 3.38. The highest BCUT2D eigenvalue weighted by Gasteiger charge is 2.20. The quantitative estimate of drug-likeness (QED) is 0.540. The lowest BCUT2D eigenvalue weighted by atomic mass is 10.2. The Balaban J connectivity index is 2.27. The number of thioether (sulfide) groups is 1. The predicted molar refractivity (Wildman–Crippen MR) is 73.8 cm³/mol. The molecule has 0 spiro atoms. The Morgan fingerprint density at radius 3 is 2.40 bits per heavy atom. The van der Waals surface area contributed by atoms with Crippen LogP contribution in [0.2, 0.25) is 10.3 Å². The van der Waals surface area contributed by atoms with E-state index in [2.05, 4.69) is 32.6 Å². The lowest BCUT2D eigenvalue weighted by Crippen LogP contribution is -2.07. The zero-order valence-electron chi connectivity index (χ0n) is 7.84. The average molecular weight is 375 g/mol. The van der Waals surface area contributed by atoms with Crippen molar-refractivity contribution in [2.75, 3.05) is 5.75 Å². The van der Waals surface area contributed by atoms with Gasteiger partial charge in [0, 0.05) is 0 Å². The number of nitrogens with zero attached hydrogens (tertiary/aromatic N) is 2. The van der Waals surface area contributed by atoms with Gasteiger partial charge in [-0.2, -0.15) is 11.8 Å². The smallest absolute Gasteiger partial charge is 0.147 e. The molecule has 2 rings (SSSR count). The fourth-order valence-electron chi connectivity index (χ4n) is 1.50. The van der Waals surface area contributed by atoms with Gasteiger partial charge in [-0.15, -0.1) is 0 Å². The molecule has 2 nitrogen and oxygen atoms in total. The molecule has 0 aromatic carbocycles. The third-order valence-electron chi connectivity index (χ3n) is 2.26. The highest BCUT2D eigenvalue weighted by Crippen LogP contribution is 2.38. The molecule has 1 aromatic heterocycles. The first-order chi connectivity index (χ1) is 7.18. The van der Waals surface area contributed by atoms with Crippen LogP contribution in [0.5, 0.6) is 0 Å². The SMILES string of the molecule is Clc1nc(C2CCCCS2)nc(Cl)c1I. The first-order valence-corrected chi connectivity index (χ1v) is 7.57. The van der Waals surface area contributed by atoms with E-state index in [0.29, 0.717) is 15.6 Å². The molecule has 6 heteroatoms. The minimum absolute atomic E-state index is 0.366. The molecule has 1 fully saturated rings. The minimum atomic E-state index is 0.366. The minimum Gasteiger partial charge on any atom is -0.219 e. The van der Waals surface area contributed by atoms with Crippen LogP contribution in [-0.2, 0) is 0 Å². The molecule has 82 valence electrons. The molecular weight excluding hydrogens is 366 g/mol. The maximum Gasteiger partial charge on any atom is 0.147 e. The van der Waals surface area contributed by atoms with Crippen LogP contribution in [-0.4, -0.2) is 15.7 Å². The van der Waals surface area contributed by atoms with Crippen molar-refractivity contribution in [1.29, 1.82) is 0 Å². The molecule has 0 amide bonds. The van der Waals surface area contributed by atoms with Gasteiger partial charge >= 0.3 is 0 Å². The van der Waals surface area contributed by atoms with Gasteiger partial charge in [0.05, 0.1) is 8.82 Å². The summed E-state index contributed by atoms with van der Waals surface area (Å²) in [6.07, 6.45) is 3.65. The Bertz CT molecular complexity index is 346. The van der Waals surface area contributed by atoms with Gasteiger partial charge in [0.25, 0.3) is 0 Å². The molecule has 0 radical (unpaired) electrons. The largest absolute Gasteiger partial charge is 0.219 e. The highest BCUT2D eigenvalue weighted by atomic mass is 127. The summed E-state index contributed by atoms with van der Waals surface area (Å²) in [5, 5.41) is 1.30. The molecule has 1 aliphatic heterocycles. The maximum atomic E-state index is 5.99. The third kappa shape index (κ3) is 2.90. The number of aromatic nitrogens is 2. The normalized spacial score (nSPS) is 21.7. The van der Waals surface area contributed by atoms with Gasteiger partial charge in [-0.3, -0.25) is 0 Å². The second-order valence-corrected chi connectivity index (χ2v) is 6.44. The van der Waals surface area contributed by atoms with Crippen molar-refractivity contribution < 1.29 is 0 Å². The number of hydrogen-bond acceptors (Lipinski definition) is 3. The van der Waals surface area contributed by atoms with Crippen molar-refractivity contribution in [2.24, 2.45) is 0 Å². The Hall–Kier alpha value is 0.740. The van der Waals surface area contributed by atoms with Crippen molar-refractivity contribution in [1.82, 2.24) is 9.97 Å². The third-order valence-corrected chi connectivity index (χ3v) is 5.84. The lowest BCUT2D eigenvalue weighted by Gasteiger charge is -2.20. The van der Waals surface area contributed by atoms with E-state index in [0.717, 1.165) is 15.8 Å². The van der Waals surface area contributed by atoms with Crippen LogP contribution in [0.4, 0.5) is 0 Å². The number of rotatable bonds is 1. The second-order valence-electron chi connectivity index (χ2n) is 3.33. The van der Waals surface area contributed by atoms with E-state index in [1.54, 1.807) is 0 Å². The van der Waals surface area contributed by atoms with Gasteiger partial charge in [0.1, 0.15) is 16.1 Å². The zero-order chi connectivity index (χ0) is 10.8. The summed E-state index contributed by atoms with van der Waals surface area (Å²) in [6, 6.07) is 0. The standard InChI is InChI=1S/C9H9Cl2IN2S/c10-7-6(12)8(11)14-9(13-7)5-3-1-2-4-15-5/h5H,1-4H2. The van der Waals surface area contributed by atoms with E-state index in [4.69, 9.17) is 23.2 Å². The summed E-state index contributed by atoms with van der Waals surface area (Å²) >= 11 is 15.9. The summed E-state index contributed by atoms with van der Waals surface area (Å²) in [7, 11) is 0. The lowest BCUT2D eigenvalue weighted by molar-refractivity contribution is 0.661. The van der Waals surface area contributed by atoms with Crippen LogP contribution >= 0.6 is 57.6 Å². The molecule has 2 heterocycles. The first-order valence-electron chi connectivity index (χ1n) is 4.68. The molecule has 1 saturated heterocycles. The summed E-state index contributed by atoms with van der Waals surface area (Å²) in [5.41, 5.74) is 0. The van der Waals surface area contributed by atoms with Gasteiger partial charge in [-0.1, -0.05) is 29.6 Å². The van der Waals surface area contributed by atoms with Crippen molar-refractivity contribution in [2.45, 2.75) is 24.5 Å². The molecule has 0 saturated carbocycles. The molecular formula is C9H9Cl2IN2S. The second kappa shape index (κ2) is 5.38. The van der Waals surface area contributed by atoms with Crippen molar-refractivity contribution in [3.8, 4) is 0 Å². The molecule has 1 atom stereocenters. The summed E-state index contributed by atoms with van der Waals surface area (Å²) in [6.45, 7) is 0. The number of halogens is 3. The van der Waals surface area contributed by atoms with Gasteiger partial charge in [0.15, 0.2) is 0 Å². The van der Waals surface area contributed by atoms with Crippen LogP contribution in [0, 0.1) is 3.57 Å². The van der Waals surface area contributed by atoms with Gasteiger partial charge in [0.2, 0.25) is 0 Å². The van der Waals surface area contributed by atoms with E-state index in [1.165, 1.54) is 18.6 Å². The van der Waals surface area contributed by atoms with E-state index in [1.807, 2.05) is 11.8 Å². The number of hydrogen-bond donors (Lipinski definition) is 0. The first kappa shape index (κ1) is 12.2. The van der Waals surface area contributed by atoms with Gasteiger partial charge in [-0.25, -0.2) is 9.97 Å². The topological polar surface area (TPSA) is 25.8 Å². The van der Waals surface area contributed by atoms with Crippen LogP contribution < -0.4 is 0 Å². The van der Waals surface area contributed by atoms with E-state index in [9.17, 15) is 0 Å². The van der Waals surface area contributed by atoms with Crippen molar-refractivity contribution in [3.63, 3.8) is 0 Å². The van der Waals surface area contributed by atoms with Crippen LogP contribution in [0.15, 0.2) is 0 Å². The fraction of sp³-hybridized carbons (Fsp3) is 0.556. The van der Waals surface area contributed by atoms with Crippen LogP contribution in [0.1, 0.15) is 30.3 Å². The Morgan fingerprint density at radius 1 is 1.20 bits per heavy atom. The summed E-state index contributed by atoms with van der Waals surface area (Å²) < 4.78 is 0.737. The Kier molecular flexibility index (Phi) is 4.38. The van der Waals surface area contributed by atoms with Gasteiger partial charge in [-0.05, 0) is 41.2 Å². The van der Waals surface area contributed by atoms with Crippen LogP contribution in [0.3, 0.4) is 0 Å². The average Bonchev–Trinajstić information content (AvgIpc) is 2.26. The molecule has 0 N–H and O–H groups in total. The molecule has 1 aromatic rings. The Morgan fingerprint density at radius 2 is 1.87 bits per heavy atom. The predicted octanol–water partition coefficient (Wildman–Crippen LogP) is 4.35. The zero-order valence-corrected chi connectivity index (χ0v) is 12.3. The summed E-state index contributed by atoms with van der Waals surface area (Å²) in [4.78, 5) is 8.60. The monoisotopic (exact) mass is 374 g/mol. The molecule has 1 aliphatic rings. The van der Waals surface area contributed by atoms with E-state index in [-0.39, 0.29) is 0 Å². The molecule has 15 heavy (non-hydrogen) atoms. The van der Waals surface area contributed by atoms with Gasteiger partial charge < -0.3 is 0 Å². The molecule has 0 aliphatic carbocycles. The van der Waals surface area contributed by atoms with E-state index < -0.39 is 0 Å². The molecule has 1 unspecified atom stereocenters. The summed E-state index contributed by atoms with van der Waals surface area (Å²) in [5.74, 6) is 1.96. The Labute approximate surface area is 117 Å². The van der Waals surface area contributed by atoms with Crippen molar-refractivity contribution >= 4 is 57.6 Å². The molecule has 0 bridgehead atoms. The maximum absolute atomic E-state index is 5.99. The van der Waals surface area contributed by atoms with Crippen molar-refractivity contribution in [3.05, 3.63) is 19.7 Å². The van der Waals surface area contributed by atoms with E-state index >= 15 is 0 Å². The van der Waals surface area contributed by atoms with Crippen LogP contribution in [0.25, 0.3) is 0 Å². The highest BCUT2D eigenvalue weighted by molar-refractivity contribution is 14.1.